The number of anilines is 1. The molecular formula is C19H25N5O3. The molecule has 1 amide bonds. The summed E-state index contributed by atoms with van der Waals surface area (Å²) in [6, 6.07) is 5.21. The van der Waals surface area contributed by atoms with Crippen LogP contribution in [0.15, 0.2) is 18.2 Å². The third-order valence-electron chi connectivity index (χ3n) is 5.15. The predicted octanol–water partition coefficient (Wildman–Crippen LogP) is 1.74. The summed E-state index contributed by atoms with van der Waals surface area (Å²) >= 11 is 0. The second-order valence-electron chi connectivity index (χ2n) is 7.04. The fourth-order valence-corrected chi connectivity index (χ4v) is 3.68. The standard InChI is InChI=1S/C19H25N5O3/c1-11-18(12(2)24(3)23-11)14-10-15(22-21-14)19(25)20-13-5-6-16-17(9-13)27-8-4-7-26-16/h5-6,9,14-15,21-22H,4,7-8,10H2,1-3H3,(H,20,25). The van der Waals surface area contributed by atoms with Crippen LogP contribution in [0.4, 0.5) is 5.69 Å². The molecule has 1 fully saturated rings. The van der Waals surface area contributed by atoms with Crippen molar-refractivity contribution in [3.8, 4) is 11.5 Å². The molecule has 2 unspecified atom stereocenters. The van der Waals surface area contributed by atoms with Crippen LogP contribution in [0.5, 0.6) is 11.5 Å². The lowest BCUT2D eigenvalue weighted by atomic mass is 10.00. The lowest BCUT2D eigenvalue weighted by Gasteiger charge is -2.13. The number of carbonyl (C=O) groups excluding carboxylic acids is 1. The van der Waals surface area contributed by atoms with Gasteiger partial charge in [0.15, 0.2) is 11.5 Å². The fourth-order valence-electron chi connectivity index (χ4n) is 3.68. The Hall–Kier alpha value is -2.58. The minimum Gasteiger partial charge on any atom is -0.490 e. The van der Waals surface area contributed by atoms with Crippen LogP contribution in [0.1, 0.15) is 35.8 Å². The van der Waals surface area contributed by atoms with E-state index in [4.69, 9.17) is 9.47 Å². The third-order valence-corrected chi connectivity index (χ3v) is 5.15. The lowest BCUT2D eigenvalue weighted by Crippen LogP contribution is -2.39. The van der Waals surface area contributed by atoms with Gasteiger partial charge in [-0.25, -0.2) is 10.9 Å². The van der Waals surface area contributed by atoms with Crippen LogP contribution in [0.25, 0.3) is 0 Å². The average Bonchev–Trinajstić information content (AvgIpc) is 3.12. The van der Waals surface area contributed by atoms with E-state index in [9.17, 15) is 4.79 Å². The molecule has 0 aliphatic carbocycles. The average molecular weight is 371 g/mol. The van der Waals surface area contributed by atoms with Crippen molar-refractivity contribution in [1.82, 2.24) is 20.6 Å². The fraction of sp³-hybridized carbons (Fsp3) is 0.474. The first kappa shape index (κ1) is 17.8. The van der Waals surface area contributed by atoms with Crippen molar-refractivity contribution in [1.29, 1.82) is 0 Å². The molecule has 1 aromatic carbocycles. The van der Waals surface area contributed by atoms with E-state index in [0.29, 0.717) is 36.8 Å². The largest absolute Gasteiger partial charge is 0.490 e. The summed E-state index contributed by atoms with van der Waals surface area (Å²) in [5.74, 6) is 1.30. The predicted molar refractivity (Wildman–Crippen MR) is 101 cm³/mol. The maximum Gasteiger partial charge on any atom is 0.242 e. The molecule has 0 bridgehead atoms. The Morgan fingerprint density at radius 1 is 1.22 bits per heavy atom. The number of aryl methyl sites for hydroxylation is 2. The number of rotatable bonds is 3. The molecule has 2 aromatic rings. The molecule has 4 rings (SSSR count). The molecule has 0 radical (unpaired) electrons. The molecule has 2 aliphatic rings. The van der Waals surface area contributed by atoms with E-state index in [-0.39, 0.29) is 18.0 Å². The minimum atomic E-state index is -0.329. The van der Waals surface area contributed by atoms with E-state index in [1.165, 1.54) is 0 Å². The number of nitrogens with one attached hydrogen (secondary N) is 3. The summed E-state index contributed by atoms with van der Waals surface area (Å²) in [7, 11) is 1.93. The minimum absolute atomic E-state index is 0.0539. The van der Waals surface area contributed by atoms with Crippen LogP contribution in [0.3, 0.4) is 0 Å². The van der Waals surface area contributed by atoms with Gasteiger partial charge in [0.05, 0.1) is 24.9 Å². The third kappa shape index (κ3) is 3.50. The van der Waals surface area contributed by atoms with Gasteiger partial charge < -0.3 is 14.8 Å². The number of aromatic nitrogens is 2. The van der Waals surface area contributed by atoms with Gasteiger partial charge >= 0.3 is 0 Å². The molecule has 27 heavy (non-hydrogen) atoms. The molecule has 0 saturated carbocycles. The van der Waals surface area contributed by atoms with Crippen LogP contribution in [0, 0.1) is 13.8 Å². The zero-order valence-corrected chi connectivity index (χ0v) is 15.8. The number of hydrogen-bond acceptors (Lipinski definition) is 6. The Morgan fingerprint density at radius 2 is 2.00 bits per heavy atom. The molecule has 3 N–H and O–H groups in total. The zero-order valence-electron chi connectivity index (χ0n) is 15.8. The summed E-state index contributed by atoms with van der Waals surface area (Å²) in [5.41, 5.74) is 10.3. The molecule has 2 aliphatic heterocycles. The van der Waals surface area contributed by atoms with E-state index >= 15 is 0 Å². The summed E-state index contributed by atoms with van der Waals surface area (Å²) in [6.45, 7) is 5.30. The number of carbonyl (C=O) groups is 1. The summed E-state index contributed by atoms with van der Waals surface area (Å²) in [5, 5.41) is 7.43. The molecule has 1 aromatic heterocycles. The SMILES string of the molecule is Cc1nn(C)c(C)c1C1CC(C(=O)Nc2ccc3c(c2)OCCCO3)NN1. The Morgan fingerprint density at radius 3 is 2.74 bits per heavy atom. The zero-order chi connectivity index (χ0) is 19.0. The summed E-state index contributed by atoms with van der Waals surface area (Å²) < 4.78 is 13.2. The quantitative estimate of drug-likeness (QED) is 0.762. The van der Waals surface area contributed by atoms with Gasteiger partial charge in [0, 0.05) is 36.5 Å². The van der Waals surface area contributed by atoms with Crippen molar-refractivity contribution in [2.24, 2.45) is 7.05 Å². The second kappa shape index (κ2) is 7.21. The summed E-state index contributed by atoms with van der Waals surface area (Å²) in [4.78, 5) is 12.7. The van der Waals surface area contributed by atoms with Crippen molar-refractivity contribution in [2.45, 2.75) is 38.8 Å². The van der Waals surface area contributed by atoms with Gasteiger partial charge in [-0.3, -0.25) is 9.48 Å². The van der Waals surface area contributed by atoms with Gasteiger partial charge in [0.25, 0.3) is 0 Å². The number of hydrazine groups is 1. The van der Waals surface area contributed by atoms with Crippen LogP contribution < -0.4 is 25.6 Å². The van der Waals surface area contributed by atoms with Crippen LogP contribution in [0.2, 0.25) is 0 Å². The van der Waals surface area contributed by atoms with E-state index in [2.05, 4.69) is 21.3 Å². The maximum atomic E-state index is 12.7. The summed E-state index contributed by atoms with van der Waals surface area (Å²) in [6.07, 6.45) is 1.51. The second-order valence-corrected chi connectivity index (χ2v) is 7.04. The Balaban J connectivity index is 1.43. The molecule has 2 atom stereocenters. The first-order chi connectivity index (χ1) is 13.0. The number of fused-ring (bicyclic) bond motifs is 1. The first-order valence-electron chi connectivity index (χ1n) is 9.24. The highest BCUT2D eigenvalue weighted by Crippen LogP contribution is 2.33. The van der Waals surface area contributed by atoms with Crippen molar-refractivity contribution in [3.63, 3.8) is 0 Å². The highest BCUT2D eigenvalue weighted by atomic mass is 16.5. The number of ether oxygens (including phenoxy) is 2. The molecule has 8 heteroatoms. The van der Waals surface area contributed by atoms with Gasteiger partial charge in [-0.05, 0) is 32.4 Å². The topological polar surface area (TPSA) is 89.4 Å². The number of amides is 1. The highest BCUT2D eigenvalue weighted by Gasteiger charge is 2.33. The monoisotopic (exact) mass is 371 g/mol. The molecule has 0 spiro atoms. The van der Waals surface area contributed by atoms with Gasteiger partial charge in [0.2, 0.25) is 5.91 Å². The Kier molecular flexibility index (Phi) is 4.75. The molecule has 1 saturated heterocycles. The Labute approximate surface area is 158 Å². The van der Waals surface area contributed by atoms with E-state index in [1.54, 1.807) is 0 Å². The number of hydrogen-bond donors (Lipinski definition) is 3. The van der Waals surface area contributed by atoms with E-state index in [1.807, 2.05) is 43.8 Å². The van der Waals surface area contributed by atoms with Gasteiger partial charge in [0.1, 0.15) is 6.04 Å². The number of benzene rings is 1. The van der Waals surface area contributed by atoms with Crippen molar-refractivity contribution in [3.05, 3.63) is 35.2 Å². The van der Waals surface area contributed by atoms with Gasteiger partial charge in [-0.15, -0.1) is 0 Å². The first-order valence-corrected chi connectivity index (χ1v) is 9.24. The number of nitrogens with zero attached hydrogens (tertiary/aromatic N) is 2. The normalized spacial score (nSPS) is 21.7. The van der Waals surface area contributed by atoms with Gasteiger partial charge in [-0.2, -0.15) is 5.10 Å². The smallest absolute Gasteiger partial charge is 0.242 e. The van der Waals surface area contributed by atoms with E-state index in [0.717, 1.165) is 23.4 Å². The lowest BCUT2D eigenvalue weighted by molar-refractivity contribution is -0.117. The molecule has 3 heterocycles. The van der Waals surface area contributed by atoms with Crippen molar-refractivity contribution in [2.75, 3.05) is 18.5 Å². The van der Waals surface area contributed by atoms with Crippen LogP contribution in [-0.2, 0) is 11.8 Å². The maximum absolute atomic E-state index is 12.7. The van der Waals surface area contributed by atoms with Crippen molar-refractivity contribution < 1.29 is 14.3 Å². The Bertz CT molecular complexity index is 863. The van der Waals surface area contributed by atoms with E-state index < -0.39 is 0 Å². The van der Waals surface area contributed by atoms with Gasteiger partial charge in [-0.1, -0.05) is 0 Å². The molecule has 8 nitrogen and oxygen atoms in total. The highest BCUT2D eigenvalue weighted by molar-refractivity contribution is 5.95. The van der Waals surface area contributed by atoms with Crippen LogP contribution >= 0.6 is 0 Å². The van der Waals surface area contributed by atoms with Crippen LogP contribution in [-0.4, -0.2) is 34.9 Å². The molecule has 144 valence electrons. The van der Waals surface area contributed by atoms with Crippen molar-refractivity contribution >= 4 is 11.6 Å². The molecular weight excluding hydrogens is 346 g/mol.